The first kappa shape index (κ1) is 15.4. The van der Waals surface area contributed by atoms with Crippen molar-refractivity contribution >= 4 is 11.3 Å². The Hall–Kier alpha value is -2.16. The van der Waals surface area contributed by atoms with E-state index in [4.69, 9.17) is 4.74 Å². The fourth-order valence-corrected chi connectivity index (χ4v) is 3.48. The molecule has 0 spiro atoms. The maximum atomic E-state index is 5.85. The largest absolute Gasteiger partial charge is 0.368 e. The van der Waals surface area contributed by atoms with Gasteiger partial charge in [0.25, 0.3) is 0 Å². The van der Waals surface area contributed by atoms with Crippen LogP contribution in [0.25, 0.3) is 0 Å². The molecular weight excluding hydrogens is 324 g/mol. The van der Waals surface area contributed by atoms with Crippen molar-refractivity contribution in [2.75, 3.05) is 19.7 Å². The number of tetrazole rings is 1. The second-order valence-corrected chi connectivity index (χ2v) is 6.63. The Morgan fingerprint density at radius 1 is 1.21 bits per heavy atom. The highest BCUT2D eigenvalue weighted by atomic mass is 32.1. The molecule has 1 aliphatic heterocycles. The highest BCUT2D eigenvalue weighted by molar-refractivity contribution is 7.09. The molecule has 0 saturated carbocycles. The van der Waals surface area contributed by atoms with Crippen LogP contribution in [0.1, 0.15) is 22.5 Å². The molecule has 0 bridgehead atoms. The Morgan fingerprint density at radius 2 is 2.12 bits per heavy atom. The number of ether oxygens (including phenoxy) is 1. The molecule has 3 heterocycles. The van der Waals surface area contributed by atoms with E-state index >= 15 is 0 Å². The molecule has 1 unspecified atom stereocenters. The molecule has 1 aromatic carbocycles. The Morgan fingerprint density at radius 3 is 2.96 bits per heavy atom. The Bertz CT molecular complexity index is 760. The molecule has 24 heavy (non-hydrogen) atoms. The highest BCUT2D eigenvalue weighted by Gasteiger charge is 2.25. The number of hydrogen-bond acceptors (Lipinski definition) is 7. The molecule has 0 amide bonds. The summed E-state index contributed by atoms with van der Waals surface area (Å²) in [7, 11) is 0. The van der Waals surface area contributed by atoms with Gasteiger partial charge in [-0.1, -0.05) is 30.3 Å². The second kappa shape index (κ2) is 7.16. The van der Waals surface area contributed by atoms with Crippen LogP contribution in [-0.2, 0) is 17.8 Å². The van der Waals surface area contributed by atoms with Gasteiger partial charge in [-0.05, 0) is 16.0 Å². The minimum Gasteiger partial charge on any atom is -0.368 e. The van der Waals surface area contributed by atoms with Gasteiger partial charge in [-0.3, -0.25) is 4.90 Å². The van der Waals surface area contributed by atoms with Crippen LogP contribution in [0.2, 0.25) is 0 Å². The second-order valence-electron chi connectivity index (χ2n) is 5.70. The molecule has 7 nitrogen and oxygen atoms in total. The Labute approximate surface area is 143 Å². The number of rotatable bonds is 5. The Kier molecular flexibility index (Phi) is 4.59. The first-order valence-electron chi connectivity index (χ1n) is 7.91. The molecule has 124 valence electrons. The van der Waals surface area contributed by atoms with Gasteiger partial charge in [0.15, 0.2) is 5.82 Å². The van der Waals surface area contributed by atoms with E-state index in [0.717, 1.165) is 23.9 Å². The van der Waals surface area contributed by atoms with E-state index in [2.05, 4.69) is 37.5 Å². The van der Waals surface area contributed by atoms with Crippen LogP contribution >= 0.6 is 11.3 Å². The lowest BCUT2D eigenvalue weighted by Crippen LogP contribution is -2.38. The fourth-order valence-electron chi connectivity index (χ4n) is 2.80. The molecule has 8 heteroatoms. The van der Waals surface area contributed by atoms with Crippen molar-refractivity contribution < 1.29 is 4.74 Å². The number of hydrogen-bond donors (Lipinski definition) is 0. The maximum Gasteiger partial charge on any atom is 0.165 e. The van der Waals surface area contributed by atoms with Crippen LogP contribution in [0.15, 0.2) is 41.9 Å². The third kappa shape index (κ3) is 3.50. The molecule has 2 aromatic heterocycles. The summed E-state index contributed by atoms with van der Waals surface area (Å²) in [6.07, 6.45) is 1.86. The van der Waals surface area contributed by atoms with E-state index in [1.165, 1.54) is 5.56 Å². The third-order valence-electron chi connectivity index (χ3n) is 4.02. The van der Waals surface area contributed by atoms with Crippen molar-refractivity contribution in [2.45, 2.75) is 19.2 Å². The van der Waals surface area contributed by atoms with Crippen LogP contribution in [0.4, 0.5) is 0 Å². The molecule has 0 N–H and O–H groups in total. The highest BCUT2D eigenvalue weighted by Crippen LogP contribution is 2.24. The van der Waals surface area contributed by atoms with Crippen molar-refractivity contribution in [1.82, 2.24) is 30.1 Å². The summed E-state index contributed by atoms with van der Waals surface area (Å²) < 4.78 is 7.71. The summed E-state index contributed by atoms with van der Waals surface area (Å²) in [4.78, 5) is 6.69. The first-order valence-corrected chi connectivity index (χ1v) is 8.79. The third-order valence-corrected chi connectivity index (χ3v) is 4.89. The van der Waals surface area contributed by atoms with E-state index in [1.807, 2.05) is 34.5 Å². The summed E-state index contributed by atoms with van der Waals surface area (Å²) in [6.45, 7) is 3.78. The monoisotopic (exact) mass is 342 g/mol. The zero-order valence-electron chi connectivity index (χ0n) is 13.2. The van der Waals surface area contributed by atoms with Crippen molar-refractivity contribution in [3.05, 3.63) is 58.3 Å². The smallest absolute Gasteiger partial charge is 0.165 e. The van der Waals surface area contributed by atoms with Crippen molar-refractivity contribution in [1.29, 1.82) is 0 Å². The molecule has 1 atom stereocenters. The molecule has 1 saturated heterocycles. The van der Waals surface area contributed by atoms with Gasteiger partial charge in [0.2, 0.25) is 0 Å². The normalized spacial score (nSPS) is 18.8. The summed E-state index contributed by atoms with van der Waals surface area (Å²) in [5.74, 6) is 0.874. The lowest BCUT2D eigenvalue weighted by molar-refractivity contribution is -0.0341. The zero-order chi connectivity index (χ0) is 16.2. The number of thiazole rings is 1. The average Bonchev–Trinajstić information content (AvgIpc) is 3.29. The number of morpholine rings is 1. The maximum absolute atomic E-state index is 5.85. The van der Waals surface area contributed by atoms with Gasteiger partial charge in [0.1, 0.15) is 11.1 Å². The van der Waals surface area contributed by atoms with Gasteiger partial charge >= 0.3 is 0 Å². The van der Waals surface area contributed by atoms with Gasteiger partial charge in [0.05, 0.1) is 19.7 Å². The lowest BCUT2D eigenvalue weighted by Gasteiger charge is -2.31. The summed E-state index contributed by atoms with van der Waals surface area (Å²) >= 11 is 1.64. The quantitative estimate of drug-likeness (QED) is 0.704. The van der Waals surface area contributed by atoms with Crippen molar-refractivity contribution in [3.8, 4) is 0 Å². The first-order chi connectivity index (χ1) is 11.9. The zero-order valence-corrected chi connectivity index (χ0v) is 14.0. The molecule has 0 aliphatic carbocycles. The molecular formula is C16H18N6OS. The van der Waals surface area contributed by atoms with Gasteiger partial charge in [-0.25, -0.2) is 9.67 Å². The van der Waals surface area contributed by atoms with Gasteiger partial charge < -0.3 is 4.74 Å². The van der Waals surface area contributed by atoms with Crippen molar-refractivity contribution in [3.63, 3.8) is 0 Å². The molecule has 0 radical (unpaired) electrons. The van der Waals surface area contributed by atoms with Crippen LogP contribution in [0, 0.1) is 0 Å². The van der Waals surface area contributed by atoms with Crippen LogP contribution in [-0.4, -0.2) is 49.8 Å². The number of nitrogens with zero attached hydrogens (tertiary/aromatic N) is 6. The summed E-state index contributed by atoms with van der Waals surface area (Å²) in [5.41, 5.74) is 1.19. The Balaban J connectivity index is 1.43. The van der Waals surface area contributed by atoms with E-state index in [-0.39, 0.29) is 6.10 Å². The number of benzene rings is 1. The van der Waals surface area contributed by atoms with Crippen LogP contribution in [0.5, 0.6) is 0 Å². The van der Waals surface area contributed by atoms with Gasteiger partial charge in [0, 0.05) is 24.7 Å². The predicted molar refractivity (Wildman–Crippen MR) is 89.4 cm³/mol. The molecule has 1 fully saturated rings. The minimum absolute atomic E-state index is 0.0391. The van der Waals surface area contributed by atoms with Crippen molar-refractivity contribution in [2.24, 2.45) is 0 Å². The minimum atomic E-state index is 0.0391. The average molecular weight is 342 g/mol. The predicted octanol–water partition coefficient (Wildman–Crippen LogP) is 1.75. The molecule has 3 aromatic rings. The SMILES string of the molecule is c1ccc(Cn2nnnc2CN2CCOC(c3nccs3)C2)cc1. The van der Waals surface area contributed by atoms with Gasteiger partial charge in [-0.15, -0.1) is 16.4 Å². The van der Waals surface area contributed by atoms with Crippen LogP contribution < -0.4 is 0 Å². The summed E-state index contributed by atoms with van der Waals surface area (Å²) in [5, 5.41) is 15.2. The van der Waals surface area contributed by atoms with Gasteiger partial charge in [-0.2, -0.15) is 0 Å². The lowest BCUT2D eigenvalue weighted by atomic mass is 10.2. The van der Waals surface area contributed by atoms with E-state index in [9.17, 15) is 0 Å². The van der Waals surface area contributed by atoms with Crippen LogP contribution in [0.3, 0.4) is 0 Å². The standard InChI is InChI=1S/C16H18N6OS/c1-2-4-13(5-3-1)10-22-15(18-19-20-22)12-21-7-8-23-14(11-21)16-17-6-9-24-16/h1-6,9,14H,7-8,10-12H2. The number of aromatic nitrogens is 5. The van der Waals surface area contributed by atoms with E-state index < -0.39 is 0 Å². The molecule has 4 rings (SSSR count). The van der Waals surface area contributed by atoms with E-state index in [1.54, 1.807) is 11.3 Å². The van der Waals surface area contributed by atoms with E-state index in [0.29, 0.717) is 19.7 Å². The molecule has 1 aliphatic rings. The fraction of sp³-hybridized carbons (Fsp3) is 0.375. The topological polar surface area (TPSA) is 69.0 Å². The summed E-state index contributed by atoms with van der Waals surface area (Å²) in [6, 6.07) is 10.2.